The van der Waals surface area contributed by atoms with Gasteiger partial charge in [0.25, 0.3) is 0 Å². The first kappa shape index (κ1) is 9.03. The summed E-state index contributed by atoms with van der Waals surface area (Å²) in [5.41, 5.74) is 3.92. The smallest absolute Gasteiger partial charge is 0.0892 e. The van der Waals surface area contributed by atoms with E-state index in [4.69, 9.17) is 0 Å². The fourth-order valence-electron chi connectivity index (χ4n) is 1.68. The summed E-state index contributed by atoms with van der Waals surface area (Å²) in [5.74, 6) is 0. The van der Waals surface area contributed by atoms with Crippen LogP contribution in [0.4, 0.5) is 0 Å². The average Bonchev–Trinajstić information content (AvgIpc) is 2.75. The fraction of sp³-hybridized carbons (Fsp3) is 0.0833. The molecule has 0 saturated carbocycles. The Bertz CT molecular complexity index is 642. The summed E-state index contributed by atoms with van der Waals surface area (Å²) >= 11 is 0. The van der Waals surface area contributed by atoms with Crippen molar-refractivity contribution in [2.24, 2.45) is 7.05 Å². The van der Waals surface area contributed by atoms with Crippen molar-refractivity contribution in [1.82, 2.24) is 19.7 Å². The van der Waals surface area contributed by atoms with Gasteiger partial charge in [0.1, 0.15) is 0 Å². The zero-order valence-electron chi connectivity index (χ0n) is 8.83. The Morgan fingerprint density at radius 2 is 2.00 bits per heavy atom. The fourth-order valence-corrected chi connectivity index (χ4v) is 1.68. The number of fused-ring (bicyclic) bond motifs is 1. The van der Waals surface area contributed by atoms with Crippen LogP contribution in [0.2, 0.25) is 0 Å². The molecule has 0 aliphatic carbocycles. The van der Waals surface area contributed by atoms with Crippen molar-refractivity contribution < 1.29 is 0 Å². The third-order valence-corrected chi connectivity index (χ3v) is 2.49. The van der Waals surface area contributed by atoms with Crippen molar-refractivity contribution in [3.63, 3.8) is 0 Å². The van der Waals surface area contributed by atoms with Crippen LogP contribution in [0, 0.1) is 0 Å². The van der Waals surface area contributed by atoms with E-state index in [1.54, 1.807) is 10.9 Å². The van der Waals surface area contributed by atoms with E-state index in [0.717, 1.165) is 22.2 Å². The molecule has 4 nitrogen and oxygen atoms in total. The van der Waals surface area contributed by atoms with Crippen LogP contribution in [-0.4, -0.2) is 19.7 Å². The molecule has 0 fully saturated rings. The van der Waals surface area contributed by atoms with E-state index in [1.165, 1.54) is 0 Å². The molecule has 78 valence electrons. The van der Waals surface area contributed by atoms with Gasteiger partial charge in [-0.1, -0.05) is 0 Å². The topological polar surface area (TPSA) is 43.6 Å². The number of hydrogen-bond donors (Lipinski definition) is 0. The molecule has 0 amide bonds. The molecule has 0 N–H and O–H groups in total. The second-order valence-electron chi connectivity index (χ2n) is 3.67. The van der Waals surface area contributed by atoms with Gasteiger partial charge >= 0.3 is 0 Å². The van der Waals surface area contributed by atoms with E-state index in [0.29, 0.717) is 0 Å². The van der Waals surface area contributed by atoms with Crippen LogP contribution in [0.25, 0.3) is 22.2 Å². The first-order valence-corrected chi connectivity index (χ1v) is 5.03. The molecule has 3 heterocycles. The summed E-state index contributed by atoms with van der Waals surface area (Å²) < 4.78 is 1.78. The van der Waals surface area contributed by atoms with Crippen LogP contribution < -0.4 is 0 Å². The Kier molecular flexibility index (Phi) is 1.93. The largest absolute Gasteiger partial charge is 0.275 e. The number of rotatable bonds is 1. The van der Waals surface area contributed by atoms with Crippen LogP contribution >= 0.6 is 0 Å². The number of hydrogen-bond acceptors (Lipinski definition) is 3. The maximum absolute atomic E-state index is 4.37. The Morgan fingerprint density at radius 1 is 1.06 bits per heavy atom. The van der Waals surface area contributed by atoms with Crippen LogP contribution in [0.3, 0.4) is 0 Å². The standard InChI is InChI=1S/C12H10N4/c1-16-8-10(7-15-16)9-5-12-11(14-6-9)3-2-4-13-12/h2-8H,1H3. The third-order valence-electron chi connectivity index (χ3n) is 2.49. The van der Waals surface area contributed by atoms with Crippen molar-refractivity contribution in [3.8, 4) is 11.1 Å². The molecule has 0 aliphatic rings. The molecule has 4 heteroatoms. The first-order valence-electron chi connectivity index (χ1n) is 5.03. The van der Waals surface area contributed by atoms with E-state index in [2.05, 4.69) is 15.1 Å². The zero-order valence-corrected chi connectivity index (χ0v) is 8.83. The lowest BCUT2D eigenvalue weighted by atomic mass is 10.1. The van der Waals surface area contributed by atoms with E-state index >= 15 is 0 Å². The van der Waals surface area contributed by atoms with E-state index in [1.807, 2.05) is 43.8 Å². The van der Waals surface area contributed by atoms with Crippen LogP contribution in [0.1, 0.15) is 0 Å². The molecule has 0 atom stereocenters. The highest BCUT2D eigenvalue weighted by Crippen LogP contribution is 2.20. The molecule has 0 saturated heterocycles. The minimum absolute atomic E-state index is 0.906. The van der Waals surface area contributed by atoms with Crippen LogP contribution in [0.15, 0.2) is 43.0 Å². The van der Waals surface area contributed by atoms with Gasteiger partial charge in [-0.2, -0.15) is 5.10 Å². The predicted octanol–water partition coefficient (Wildman–Crippen LogP) is 2.03. The molecule has 0 radical (unpaired) electrons. The van der Waals surface area contributed by atoms with Crippen molar-refractivity contribution in [2.45, 2.75) is 0 Å². The van der Waals surface area contributed by atoms with E-state index < -0.39 is 0 Å². The summed E-state index contributed by atoms with van der Waals surface area (Å²) in [6, 6.07) is 5.87. The highest BCUT2D eigenvalue weighted by Gasteiger charge is 2.02. The minimum Gasteiger partial charge on any atom is -0.275 e. The molecule has 0 aromatic carbocycles. The summed E-state index contributed by atoms with van der Waals surface area (Å²) in [6.45, 7) is 0. The number of pyridine rings is 2. The molecular formula is C12H10N4. The first-order chi connectivity index (χ1) is 7.83. The van der Waals surface area contributed by atoms with Crippen LogP contribution in [0.5, 0.6) is 0 Å². The molecule has 0 spiro atoms. The van der Waals surface area contributed by atoms with Crippen molar-refractivity contribution >= 4 is 11.0 Å². The number of aromatic nitrogens is 4. The summed E-state index contributed by atoms with van der Waals surface area (Å²) in [6.07, 6.45) is 7.41. The quantitative estimate of drug-likeness (QED) is 0.617. The van der Waals surface area contributed by atoms with Gasteiger partial charge in [-0.3, -0.25) is 14.6 Å². The summed E-state index contributed by atoms with van der Waals surface area (Å²) in [4.78, 5) is 8.65. The van der Waals surface area contributed by atoms with E-state index in [9.17, 15) is 0 Å². The van der Waals surface area contributed by atoms with Gasteiger partial charge in [0.15, 0.2) is 0 Å². The Hall–Kier alpha value is -2.23. The van der Waals surface area contributed by atoms with E-state index in [-0.39, 0.29) is 0 Å². The lowest BCUT2D eigenvalue weighted by Crippen LogP contribution is -1.85. The molecule has 3 rings (SSSR count). The maximum atomic E-state index is 4.37. The molecule has 3 aromatic heterocycles. The second-order valence-corrected chi connectivity index (χ2v) is 3.67. The monoisotopic (exact) mass is 210 g/mol. The number of aryl methyl sites for hydroxylation is 1. The normalized spacial score (nSPS) is 10.8. The maximum Gasteiger partial charge on any atom is 0.0892 e. The molecular weight excluding hydrogens is 200 g/mol. The van der Waals surface area contributed by atoms with Crippen molar-refractivity contribution in [1.29, 1.82) is 0 Å². The van der Waals surface area contributed by atoms with Gasteiger partial charge in [0, 0.05) is 36.8 Å². The van der Waals surface area contributed by atoms with Crippen molar-refractivity contribution in [3.05, 3.63) is 43.0 Å². The number of nitrogens with zero attached hydrogens (tertiary/aromatic N) is 4. The Labute approximate surface area is 92.6 Å². The minimum atomic E-state index is 0.906. The van der Waals surface area contributed by atoms with Crippen molar-refractivity contribution in [2.75, 3.05) is 0 Å². The lowest BCUT2D eigenvalue weighted by Gasteiger charge is -1.99. The highest BCUT2D eigenvalue weighted by molar-refractivity contribution is 5.79. The van der Waals surface area contributed by atoms with Gasteiger partial charge in [-0.15, -0.1) is 0 Å². The van der Waals surface area contributed by atoms with Gasteiger partial charge in [-0.25, -0.2) is 0 Å². The highest BCUT2D eigenvalue weighted by atomic mass is 15.2. The third kappa shape index (κ3) is 1.44. The Morgan fingerprint density at radius 3 is 2.81 bits per heavy atom. The molecule has 0 bridgehead atoms. The summed E-state index contributed by atoms with van der Waals surface area (Å²) in [5, 5.41) is 4.14. The SMILES string of the molecule is Cn1cc(-c2cnc3cccnc3c2)cn1. The molecule has 0 aliphatic heterocycles. The van der Waals surface area contributed by atoms with Gasteiger partial charge in [0.2, 0.25) is 0 Å². The second kappa shape index (κ2) is 3.41. The predicted molar refractivity (Wildman–Crippen MR) is 61.7 cm³/mol. The average molecular weight is 210 g/mol. The van der Waals surface area contributed by atoms with Gasteiger partial charge in [0.05, 0.1) is 17.2 Å². The molecule has 16 heavy (non-hydrogen) atoms. The Balaban J connectivity index is 2.18. The van der Waals surface area contributed by atoms with Gasteiger partial charge < -0.3 is 0 Å². The molecule has 3 aromatic rings. The summed E-state index contributed by atoms with van der Waals surface area (Å²) in [7, 11) is 1.90. The molecule has 0 unspecified atom stereocenters. The zero-order chi connectivity index (χ0) is 11.0. The van der Waals surface area contributed by atoms with Gasteiger partial charge in [-0.05, 0) is 18.2 Å². The van der Waals surface area contributed by atoms with Crippen LogP contribution in [-0.2, 0) is 7.05 Å². The lowest BCUT2D eigenvalue weighted by molar-refractivity contribution is 0.768.